The Morgan fingerprint density at radius 1 is 1.45 bits per heavy atom. The van der Waals surface area contributed by atoms with Crippen molar-refractivity contribution in [3.8, 4) is 0 Å². The zero-order valence-corrected chi connectivity index (χ0v) is 12.2. The van der Waals surface area contributed by atoms with Crippen LogP contribution < -0.4 is 10.9 Å². The molecule has 2 aliphatic heterocycles. The molecule has 1 aromatic rings. The Labute approximate surface area is 124 Å². The number of pyridine rings is 1. The van der Waals surface area contributed by atoms with Gasteiger partial charge in [-0.25, -0.2) is 0 Å². The lowest BCUT2D eigenvalue weighted by Gasteiger charge is -2.43. The van der Waals surface area contributed by atoms with Crippen molar-refractivity contribution in [2.75, 3.05) is 19.6 Å². The van der Waals surface area contributed by atoms with E-state index in [1.54, 1.807) is 6.07 Å². The maximum absolute atomic E-state index is 12.0. The zero-order valence-electron chi connectivity index (χ0n) is 11.4. The van der Waals surface area contributed by atoms with E-state index in [9.17, 15) is 4.79 Å². The van der Waals surface area contributed by atoms with E-state index in [0.717, 1.165) is 36.9 Å². The molecule has 2 atom stereocenters. The average molecular weight is 289 g/mol. The second kappa shape index (κ2) is 5.40. The number of aromatic nitrogens is 1. The minimum Gasteiger partial charge on any atom is -0.359 e. The lowest BCUT2D eigenvalue weighted by atomic mass is 9.83. The van der Waals surface area contributed by atoms with Gasteiger partial charge in [0.2, 0.25) is 0 Å². The van der Waals surface area contributed by atoms with Gasteiger partial charge in [-0.3, -0.25) is 4.79 Å². The first-order valence-electron chi connectivity index (χ1n) is 7.02. The fourth-order valence-corrected chi connectivity index (χ4v) is 3.57. The molecule has 3 rings (SSSR count). The smallest absolute Gasteiger partial charge is 0.250 e. The Kier molecular flexibility index (Phi) is 3.61. The van der Waals surface area contributed by atoms with Crippen LogP contribution in [0.3, 0.4) is 0 Å². The fraction of sp³-hybridized carbons (Fsp3) is 0.467. The highest BCUT2D eigenvalue weighted by Gasteiger charge is 2.35. The third kappa shape index (κ3) is 2.38. The van der Waals surface area contributed by atoms with Crippen molar-refractivity contribution in [1.29, 1.82) is 0 Å². The standard InChI is InChI=1S/C15H19N3OS/c1-2-6-16-15(20)17-8-11-7-12(10-17)13-4-3-5-14(19)18(13)9-11/h2-5,11-12H,1,6-10H2,(H,16,20)/t11-,12-/m0/s1. The van der Waals surface area contributed by atoms with E-state index in [1.165, 1.54) is 0 Å². The summed E-state index contributed by atoms with van der Waals surface area (Å²) in [6, 6.07) is 5.59. The summed E-state index contributed by atoms with van der Waals surface area (Å²) in [4.78, 5) is 14.2. The number of hydrogen-bond donors (Lipinski definition) is 1. The van der Waals surface area contributed by atoms with Gasteiger partial charge in [-0.05, 0) is 30.6 Å². The topological polar surface area (TPSA) is 37.3 Å². The van der Waals surface area contributed by atoms with Gasteiger partial charge in [0.05, 0.1) is 0 Å². The summed E-state index contributed by atoms with van der Waals surface area (Å²) < 4.78 is 1.94. The first-order valence-corrected chi connectivity index (χ1v) is 7.43. The van der Waals surface area contributed by atoms with Gasteiger partial charge in [0, 0.05) is 43.9 Å². The SMILES string of the molecule is C=CCNC(=S)N1C[C@@H]2C[C@@H](C1)c1cccc(=O)n1C2. The molecule has 1 N–H and O–H groups in total. The third-order valence-corrected chi connectivity index (χ3v) is 4.57. The van der Waals surface area contributed by atoms with E-state index < -0.39 is 0 Å². The van der Waals surface area contributed by atoms with Crippen LogP contribution in [-0.4, -0.2) is 34.2 Å². The van der Waals surface area contributed by atoms with Crippen molar-refractivity contribution in [2.24, 2.45) is 5.92 Å². The van der Waals surface area contributed by atoms with E-state index in [2.05, 4.69) is 22.9 Å². The molecule has 5 heteroatoms. The van der Waals surface area contributed by atoms with Crippen LogP contribution in [0, 0.1) is 5.92 Å². The Hall–Kier alpha value is -1.62. The first-order chi connectivity index (χ1) is 9.69. The molecule has 0 radical (unpaired) electrons. The highest BCUT2D eigenvalue weighted by Crippen LogP contribution is 2.34. The molecule has 3 heterocycles. The van der Waals surface area contributed by atoms with Crippen LogP contribution in [0.1, 0.15) is 18.0 Å². The predicted molar refractivity (Wildman–Crippen MR) is 83.9 cm³/mol. The second-order valence-electron chi connectivity index (χ2n) is 5.58. The molecule has 106 valence electrons. The molecule has 0 saturated carbocycles. The Morgan fingerprint density at radius 3 is 3.10 bits per heavy atom. The van der Waals surface area contributed by atoms with Crippen molar-refractivity contribution in [3.63, 3.8) is 0 Å². The predicted octanol–water partition coefficient (Wildman–Crippen LogP) is 1.33. The fourth-order valence-electron chi connectivity index (χ4n) is 3.33. The minimum absolute atomic E-state index is 0.123. The molecule has 0 unspecified atom stereocenters. The third-order valence-electron chi connectivity index (χ3n) is 4.16. The number of fused-ring (bicyclic) bond motifs is 4. The van der Waals surface area contributed by atoms with Crippen LogP contribution in [0.2, 0.25) is 0 Å². The summed E-state index contributed by atoms with van der Waals surface area (Å²) in [5.74, 6) is 0.907. The van der Waals surface area contributed by atoms with Crippen molar-refractivity contribution >= 4 is 17.3 Å². The van der Waals surface area contributed by atoms with E-state index in [1.807, 2.05) is 16.7 Å². The lowest BCUT2D eigenvalue weighted by molar-refractivity contribution is 0.177. The zero-order chi connectivity index (χ0) is 14.1. The van der Waals surface area contributed by atoms with Crippen molar-refractivity contribution in [3.05, 3.63) is 46.9 Å². The monoisotopic (exact) mass is 289 g/mol. The normalized spacial score (nSPS) is 23.9. The van der Waals surface area contributed by atoms with E-state index in [0.29, 0.717) is 18.4 Å². The molecule has 4 nitrogen and oxygen atoms in total. The Morgan fingerprint density at radius 2 is 2.30 bits per heavy atom. The maximum atomic E-state index is 12.0. The number of nitrogens with zero attached hydrogens (tertiary/aromatic N) is 2. The Balaban J connectivity index is 1.82. The molecule has 1 aromatic heterocycles. The summed E-state index contributed by atoms with van der Waals surface area (Å²) >= 11 is 5.44. The summed E-state index contributed by atoms with van der Waals surface area (Å²) in [6.07, 6.45) is 2.97. The number of hydrogen-bond acceptors (Lipinski definition) is 2. The van der Waals surface area contributed by atoms with Gasteiger partial charge < -0.3 is 14.8 Å². The first kappa shape index (κ1) is 13.4. The average Bonchev–Trinajstić information content (AvgIpc) is 2.46. The van der Waals surface area contributed by atoms with Crippen LogP contribution in [0.15, 0.2) is 35.6 Å². The molecule has 0 spiro atoms. The van der Waals surface area contributed by atoms with E-state index in [-0.39, 0.29) is 5.56 Å². The number of nitrogens with one attached hydrogen (secondary N) is 1. The van der Waals surface area contributed by atoms with Crippen LogP contribution in [-0.2, 0) is 6.54 Å². The lowest BCUT2D eigenvalue weighted by Crippen LogP contribution is -2.51. The van der Waals surface area contributed by atoms with Crippen molar-refractivity contribution in [1.82, 2.24) is 14.8 Å². The van der Waals surface area contributed by atoms with E-state index in [4.69, 9.17) is 12.2 Å². The van der Waals surface area contributed by atoms with E-state index >= 15 is 0 Å². The second-order valence-corrected chi connectivity index (χ2v) is 5.96. The molecule has 2 bridgehead atoms. The summed E-state index contributed by atoms with van der Waals surface area (Å²) in [5.41, 5.74) is 1.28. The van der Waals surface area contributed by atoms with Crippen molar-refractivity contribution < 1.29 is 0 Å². The van der Waals surface area contributed by atoms with Gasteiger partial charge in [-0.15, -0.1) is 6.58 Å². The largest absolute Gasteiger partial charge is 0.359 e. The van der Waals surface area contributed by atoms with Gasteiger partial charge in [-0.2, -0.15) is 0 Å². The molecule has 20 heavy (non-hydrogen) atoms. The molecule has 0 aromatic carbocycles. The number of rotatable bonds is 2. The molecule has 0 amide bonds. The summed E-state index contributed by atoms with van der Waals surface area (Å²) in [7, 11) is 0. The van der Waals surface area contributed by atoms with Crippen molar-refractivity contribution in [2.45, 2.75) is 18.9 Å². The van der Waals surface area contributed by atoms with Gasteiger partial charge >= 0.3 is 0 Å². The Bertz CT molecular complexity index is 595. The van der Waals surface area contributed by atoms with Crippen LogP contribution in [0.25, 0.3) is 0 Å². The number of thiocarbonyl (C=S) groups is 1. The highest BCUT2D eigenvalue weighted by atomic mass is 32.1. The number of likely N-dealkylation sites (tertiary alicyclic amines) is 1. The molecular formula is C15H19N3OS. The quantitative estimate of drug-likeness (QED) is 0.658. The summed E-state index contributed by atoms with van der Waals surface area (Å²) in [6.45, 7) is 7.03. The molecule has 1 fully saturated rings. The summed E-state index contributed by atoms with van der Waals surface area (Å²) in [5, 5.41) is 3.99. The maximum Gasteiger partial charge on any atom is 0.250 e. The number of piperidine rings is 1. The molecule has 0 aliphatic carbocycles. The highest BCUT2D eigenvalue weighted by molar-refractivity contribution is 7.80. The van der Waals surface area contributed by atoms with Gasteiger partial charge in [-0.1, -0.05) is 12.1 Å². The van der Waals surface area contributed by atoms with Crippen LogP contribution in [0.5, 0.6) is 0 Å². The van der Waals surface area contributed by atoms with Gasteiger partial charge in [0.25, 0.3) is 5.56 Å². The molecular weight excluding hydrogens is 270 g/mol. The molecule has 1 saturated heterocycles. The van der Waals surface area contributed by atoms with Gasteiger partial charge in [0.15, 0.2) is 5.11 Å². The van der Waals surface area contributed by atoms with Crippen LogP contribution in [0.4, 0.5) is 0 Å². The minimum atomic E-state index is 0.123. The molecule has 2 aliphatic rings. The van der Waals surface area contributed by atoms with Gasteiger partial charge in [0.1, 0.15) is 0 Å². The van der Waals surface area contributed by atoms with Crippen LogP contribution >= 0.6 is 12.2 Å².